The Hall–Kier alpha value is -2.11. The Morgan fingerprint density at radius 3 is 2.50 bits per heavy atom. The summed E-state index contributed by atoms with van der Waals surface area (Å²) in [5.74, 6) is -1.73. The number of methoxy groups -OCH3 is 1. The number of amides is 1. The lowest BCUT2D eigenvalue weighted by atomic mass is 10.0. The lowest BCUT2D eigenvalue weighted by molar-refractivity contribution is -0.146. The van der Waals surface area contributed by atoms with Gasteiger partial charge in [0, 0.05) is 0 Å². The third kappa shape index (κ3) is 4.53. The molecule has 1 aromatic rings. The van der Waals surface area contributed by atoms with Crippen molar-refractivity contribution < 1.29 is 23.5 Å². The number of benzene rings is 1. The minimum atomic E-state index is -0.753. The van der Waals surface area contributed by atoms with E-state index in [9.17, 15) is 14.0 Å². The smallest absolute Gasteiger partial charge is 0.328 e. The second-order valence-electron chi connectivity index (χ2n) is 4.53. The monoisotopic (exact) mass is 283 g/mol. The van der Waals surface area contributed by atoms with E-state index in [0.717, 1.165) is 0 Å². The highest BCUT2D eigenvalue weighted by Gasteiger charge is 2.24. The first-order chi connectivity index (χ1) is 9.45. The van der Waals surface area contributed by atoms with Crippen molar-refractivity contribution in [1.82, 2.24) is 5.32 Å². The van der Waals surface area contributed by atoms with Gasteiger partial charge in [-0.3, -0.25) is 4.79 Å². The second kappa shape index (κ2) is 7.47. The molecule has 6 heteroatoms. The zero-order valence-electron chi connectivity index (χ0n) is 11.7. The van der Waals surface area contributed by atoms with Crippen LogP contribution in [0.15, 0.2) is 24.3 Å². The summed E-state index contributed by atoms with van der Waals surface area (Å²) in [5.41, 5.74) is 0. The van der Waals surface area contributed by atoms with Crippen molar-refractivity contribution in [1.29, 1.82) is 0 Å². The van der Waals surface area contributed by atoms with E-state index in [-0.39, 0.29) is 18.3 Å². The molecule has 5 nitrogen and oxygen atoms in total. The fourth-order valence-corrected chi connectivity index (χ4v) is 1.54. The molecule has 0 heterocycles. The third-order valence-electron chi connectivity index (χ3n) is 2.63. The molecule has 0 fully saturated rings. The number of para-hydroxylation sites is 1. The number of esters is 1. The van der Waals surface area contributed by atoms with Crippen LogP contribution >= 0.6 is 0 Å². The molecule has 1 N–H and O–H groups in total. The molecule has 1 atom stereocenters. The van der Waals surface area contributed by atoms with Crippen molar-refractivity contribution in [3.63, 3.8) is 0 Å². The number of hydrogen-bond acceptors (Lipinski definition) is 4. The minimum absolute atomic E-state index is 0.0122. The van der Waals surface area contributed by atoms with Crippen molar-refractivity contribution >= 4 is 11.9 Å². The van der Waals surface area contributed by atoms with Gasteiger partial charge >= 0.3 is 5.97 Å². The SMILES string of the molecule is COC(=O)C(NC(=O)COc1ccccc1F)C(C)C. The van der Waals surface area contributed by atoms with Crippen LogP contribution in [0.4, 0.5) is 4.39 Å². The van der Waals surface area contributed by atoms with Gasteiger partial charge in [0.25, 0.3) is 5.91 Å². The van der Waals surface area contributed by atoms with E-state index in [4.69, 9.17) is 4.74 Å². The fraction of sp³-hybridized carbons (Fsp3) is 0.429. The first-order valence-electron chi connectivity index (χ1n) is 6.20. The van der Waals surface area contributed by atoms with Gasteiger partial charge in [-0.05, 0) is 18.1 Å². The van der Waals surface area contributed by atoms with Crippen molar-refractivity contribution in [2.24, 2.45) is 5.92 Å². The highest BCUT2D eigenvalue weighted by atomic mass is 19.1. The molecule has 0 saturated carbocycles. The molecule has 0 aromatic heterocycles. The van der Waals surface area contributed by atoms with Gasteiger partial charge in [0.2, 0.25) is 0 Å². The number of carbonyl (C=O) groups excluding carboxylic acids is 2. The van der Waals surface area contributed by atoms with Crippen LogP contribution in [0.3, 0.4) is 0 Å². The Kier molecular flexibility index (Phi) is 5.96. The first-order valence-corrected chi connectivity index (χ1v) is 6.20. The van der Waals surface area contributed by atoms with Crippen LogP contribution in [0, 0.1) is 11.7 Å². The normalized spacial score (nSPS) is 11.8. The van der Waals surface area contributed by atoms with Crippen LogP contribution in [0.25, 0.3) is 0 Å². The molecule has 0 saturated heterocycles. The Morgan fingerprint density at radius 1 is 1.30 bits per heavy atom. The summed E-state index contributed by atoms with van der Waals surface area (Å²) >= 11 is 0. The number of nitrogens with one attached hydrogen (secondary N) is 1. The molecule has 0 aliphatic carbocycles. The highest BCUT2D eigenvalue weighted by molar-refractivity contribution is 5.85. The molecule has 1 aromatic carbocycles. The van der Waals surface area contributed by atoms with Gasteiger partial charge in [-0.1, -0.05) is 26.0 Å². The summed E-state index contributed by atoms with van der Waals surface area (Å²) in [7, 11) is 1.25. The molecular weight excluding hydrogens is 265 g/mol. The molecule has 1 amide bonds. The van der Waals surface area contributed by atoms with Crippen LogP contribution in [0.1, 0.15) is 13.8 Å². The Bertz CT molecular complexity index is 476. The maximum atomic E-state index is 13.3. The average Bonchev–Trinajstić information content (AvgIpc) is 2.42. The minimum Gasteiger partial charge on any atom is -0.481 e. The Balaban J connectivity index is 2.55. The van der Waals surface area contributed by atoms with Gasteiger partial charge < -0.3 is 14.8 Å². The van der Waals surface area contributed by atoms with Gasteiger partial charge in [-0.15, -0.1) is 0 Å². The molecule has 0 aliphatic heterocycles. The third-order valence-corrected chi connectivity index (χ3v) is 2.63. The van der Waals surface area contributed by atoms with E-state index in [1.165, 1.54) is 25.3 Å². The lowest BCUT2D eigenvalue weighted by Gasteiger charge is -2.19. The zero-order chi connectivity index (χ0) is 15.1. The summed E-state index contributed by atoms with van der Waals surface area (Å²) in [6, 6.07) is 5.02. The molecule has 1 unspecified atom stereocenters. The van der Waals surface area contributed by atoms with Crippen molar-refractivity contribution in [3.05, 3.63) is 30.1 Å². The van der Waals surface area contributed by atoms with E-state index in [0.29, 0.717) is 0 Å². The van der Waals surface area contributed by atoms with Crippen LogP contribution in [0.2, 0.25) is 0 Å². The number of rotatable bonds is 6. The molecule has 0 spiro atoms. The number of hydrogen-bond donors (Lipinski definition) is 1. The number of halogens is 1. The standard InChI is InChI=1S/C14H18FNO4/c1-9(2)13(14(18)19-3)16-12(17)8-20-11-7-5-4-6-10(11)15/h4-7,9,13H,8H2,1-3H3,(H,16,17). The Labute approximate surface area is 117 Å². The van der Waals surface area contributed by atoms with Crippen LogP contribution in [-0.4, -0.2) is 31.6 Å². The van der Waals surface area contributed by atoms with Crippen LogP contribution < -0.4 is 10.1 Å². The summed E-state index contributed by atoms with van der Waals surface area (Å²) in [6.07, 6.45) is 0. The quantitative estimate of drug-likeness (QED) is 0.804. The molecule has 0 radical (unpaired) electrons. The molecule has 0 bridgehead atoms. The summed E-state index contributed by atoms with van der Waals surface area (Å²) in [4.78, 5) is 23.2. The Morgan fingerprint density at radius 2 is 1.95 bits per heavy atom. The van der Waals surface area contributed by atoms with Crippen LogP contribution in [0.5, 0.6) is 5.75 Å². The van der Waals surface area contributed by atoms with E-state index < -0.39 is 23.7 Å². The molecular formula is C14H18FNO4. The highest BCUT2D eigenvalue weighted by Crippen LogP contribution is 2.15. The maximum absolute atomic E-state index is 13.3. The predicted octanol–water partition coefficient (Wildman–Crippen LogP) is 1.52. The molecule has 110 valence electrons. The summed E-state index contributed by atoms with van der Waals surface area (Å²) in [6.45, 7) is 3.18. The van der Waals surface area contributed by atoms with E-state index >= 15 is 0 Å². The second-order valence-corrected chi connectivity index (χ2v) is 4.53. The zero-order valence-corrected chi connectivity index (χ0v) is 11.7. The van der Waals surface area contributed by atoms with Gasteiger partial charge in [0.15, 0.2) is 18.2 Å². The van der Waals surface area contributed by atoms with Crippen molar-refractivity contribution in [2.45, 2.75) is 19.9 Å². The van der Waals surface area contributed by atoms with Crippen molar-refractivity contribution in [3.8, 4) is 5.75 Å². The van der Waals surface area contributed by atoms with Crippen molar-refractivity contribution in [2.75, 3.05) is 13.7 Å². The number of carbonyl (C=O) groups is 2. The summed E-state index contributed by atoms with van der Waals surface area (Å²) in [5, 5.41) is 2.50. The molecule has 0 aliphatic rings. The lowest BCUT2D eigenvalue weighted by Crippen LogP contribution is -2.46. The topological polar surface area (TPSA) is 64.6 Å². The van der Waals surface area contributed by atoms with E-state index in [1.54, 1.807) is 19.9 Å². The fourth-order valence-electron chi connectivity index (χ4n) is 1.54. The molecule has 20 heavy (non-hydrogen) atoms. The first kappa shape index (κ1) is 15.9. The largest absolute Gasteiger partial charge is 0.481 e. The molecule has 1 rings (SSSR count). The average molecular weight is 283 g/mol. The van der Waals surface area contributed by atoms with E-state index in [2.05, 4.69) is 10.1 Å². The van der Waals surface area contributed by atoms with E-state index in [1.807, 2.05) is 0 Å². The van der Waals surface area contributed by atoms with Gasteiger partial charge in [-0.25, -0.2) is 9.18 Å². The number of ether oxygens (including phenoxy) is 2. The summed E-state index contributed by atoms with van der Waals surface area (Å²) < 4.78 is 22.9. The van der Waals surface area contributed by atoms with Gasteiger partial charge in [0.1, 0.15) is 6.04 Å². The van der Waals surface area contributed by atoms with Gasteiger partial charge in [-0.2, -0.15) is 0 Å². The maximum Gasteiger partial charge on any atom is 0.328 e. The predicted molar refractivity (Wildman–Crippen MR) is 70.7 cm³/mol. The van der Waals surface area contributed by atoms with Gasteiger partial charge in [0.05, 0.1) is 7.11 Å². The van der Waals surface area contributed by atoms with Crippen LogP contribution in [-0.2, 0) is 14.3 Å².